The van der Waals surface area contributed by atoms with Gasteiger partial charge in [-0.1, -0.05) is 45.8 Å². The van der Waals surface area contributed by atoms with E-state index in [-0.39, 0.29) is 12.5 Å². The maximum Gasteiger partial charge on any atom is 0.244 e. The summed E-state index contributed by atoms with van der Waals surface area (Å²) in [4.78, 5) is 27.8. The average Bonchev–Trinajstić information content (AvgIpc) is 2.69. The Hall–Kier alpha value is -2.39. The number of benzene rings is 2. The molecule has 1 atom stereocenters. The zero-order valence-corrected chi connectivity index (χ0v) is 22.3. The molecular weight excluding hydrogens is 506 g/mol. The lowest BCUT2D eigenvalue weighted by Gasteiger charge is -2.33. The third-order valence-electron chi connectivity index (χ3n) is 4.93. The fourth-order valence-corrected chi connectivity index (χ4v) is 4.28. The van der Waals surface area contributed by atoms with Crippen LogP contribution in [0.4, 0.5) is 5.69 Å². The smallest absolute Gasteiger partial charge is 0.244 e. The Balaban J connectivity index is 2.38. The lowest BCUT2D eigenvalue weighted by molar-refractivity contribution is -0.140. The number of hydrogen-bond donors (Lipinski definition) is 1. The fraction of sp³-hybridized carbons (Fsp3) is 0.417. The minimum Gasteiger partial charge on any atom is -0.350 e. The molecule has 7 nitrogen and oxygen atoms in total. The van der Waals surface area contributed by atoms with E-state index in [0.717, 1.165) is 26.2 Å². The zero-order chi connectivity index (χ0) is 25.0. The third-order valence-corrected chi connectivity index (χ3v) is 6.60. The zero-order valence-electron chi connectivity index (χ0n) is 19.9. The first kappa shape index (κ1) is 26.9. The quantitative estimate of drug-likeness (QED) is 0.553. The van der Waals surface area contributed by atoms with Crippen LogP contribution in [0.2, 0.25) is 0 Å². The summed E-state index contributed by atoms with van der Waals surface area (Å²) in [5.74, 6) is -0.780. The molecule has 180 valence electrons. The number of amides is 2. The Labute approximate surface area is 205 Å². The number of nitrogens with one attached hydrogen (secondary N) is 1. The first-order valence-electron chi connectivity index (χ1n) is 10.6. The Morgan fingerprint density at radius 3 is 2.06 bits per heavy atom. The maximum atomic E-state index is 13.5. The molecule has 0 aliphatic carbocycles. The van der Waals surface area contributed by atoms with Crippen molar-refractivity contribution >= 4 is 43.5 Å². The summed E-state index contributed by atoms with van der Waals surface area (Å²) >= 11 is 3.33. The SMILES string of the molecule is Cc1ccc(CN(C(=O)CN(c2ccc(Br)cc2)S(C)(=O)=O)C(C)C(=O)NC(C)(C)C)cc1. The van der Waals surface area contributed by atoms with Gasteiger partial charge in [0.1, 0.15) is 12.6 Å². The van der Waals surface area contributed by atoms with Crippen molar-refractivity contribution in [2.75, 3.05) is 17.1 Å². The number of rotatable bonds is 8. The second-order valence-electron chi connectivity index (χ2n) is 9.17. The van der Waals surface area contributed by atoms with Crippen LogP contribution in [0.5, 0.6) is 0 Å². The van der Waals surface area contributed by atoms with Crippen LogP contribution in [0.1, 0.15) is 38.8 Å². The summed E-state index contributed by atoms with van der Waals surface area (Å²) in [5.41, 5.74) is 1.82. The van der Waals surface area contributed by atoms with Crippen molar-refractivity contribution in [3.63, 3.8) is 0 Å². The number of halogens is 1. The van der Waals surface area contributed by atoms with E-state index in [0.29, 0.717) is 5.69 Å². The first-order chi connectivity index (χ1) is 15.2. The molecule has 0 heterocycles. The highest BCUT2D eigenvalue weighted by Gasteiger charge is 2.31. The Morgan fingerprint density at radius 1 is 1.03 bits per heavy atom. The molecule has 0 aliphatic heterocycles. The van der Waals surface area contributed by atoms with E-state index in [4.69, 9.17) is 0 Å². The molecule has 0 aromatic heterocycles. The summed E-state index contributed by atoms with van der Waals surface area (Å²) in [6.07, 6.45) is 1.06. The van der Waals surface area contributed by atoms with Gasteiger partial charge in [-0.15, -0.1) is 0 Å². The Kier molecular flexibility index (Phi) is 8.70. The van der Waals surface area contributed by atoms with Gasteiger partial charge in [0.15, 0.2) is 0 Å². The van der Waals surface area contributed by atoms with E-state index < -0.39 is 34.1 Å². The van der Waals surface area contributed by atoms with Gasteiger partial charge in [-0.25, -0.2) is 8.42 Å². The average molecular weight is 539 g/mol. The predicted molar refractivity (Wildman–Crippen MR) is 135 cm³/mol. The molecule has 0 fully saturated rings. The molecule has 2 amide bonds. The van der Waals surface area contributed by atoms with Crippen LogP contribution in [0.15, 0.2) is 53.0 Å². The molecule has 9 heteroatoms. The second-order valence-corrected chi connectivity index (χ2v) is 12.0. The highest BCUT2D eigenvalue weighted by atomic mass is 79.9. The van der Waals surface area contributed by atoms with Crippen molar-refractivity contribution in [1.29, 1.82) is 0 Å². The van der Waals surface area contributed by atoms with E-state index >= 15 is 0 Å². The molecule has 0 bridgehead atoms. The molecule has 1 N–H and O–H groups in total. The van der Waals surface area contributed by atoms with Crippen molar-refractivity contribution in [2.24, 2.45) is 0 Å². The highest BCUT2D eigenvalue weighted by Crippen LogP contribution is 2.22. The summed E-state index contributed by atoms with van der Waals surface area (Å²) < 4.78 is 26.9. The molecule has 2 aromatic rings. The highest BCUT2D eigenvalue weighted by molar-refractivity contribution is 9.10. The summed E-state index contributed by atoms with van der Waals surface area (Å²) in [5, 5.41) is 2.90. The van der Waals surface area contributed by atoms with E-state index in [1.54, 1.807) is 31.2 Å². The molecule has 0 saturated heterocycles. The number of nitrogens with zero attached hydrogens (tertiary/aromatic N) is 2. The first-order valence-corrected chi connectivity index (χ1v) is 13.2. The van der Waals surface area contributed by atoms with E-state index in [2.05, 4.69) is 21.2 Å². The van der Waals surface area contributed by atoms with Crippen LogP contribution in [0.25, 0.3) is 0 Å². The van der Waals surface area contributed by atoms with Gasteiger partial charge in [-0.05, 0) is 64.4 Å². The Morgan fingerprint density at radius 2 is 1.58 bits per heavy atom. The van der Waals surface area contributed by atoms with Crippen LogP contribution in [-0.4, -0.2) is 49.5 Å². The fourth-order valence-electron chi connectivity index (χ4n) is 3.17. The summed E-state index contributed by atoms with van der Waals surface area (Å²) in [7, 11) is -3.74. The molecule has 0 spiro atoms. The van der Waals surface area contributed by atoms with Gasteiger partial charge in [0.2, 0.25) is 21.8 Å². The van der Waals surface area contributed by atoms with Gasteiger partial charge >= 0.3 is 0 Å². The standard InChI is InChI=1S/C24H32BrN3O4S/c1-17-7-9-19(10-8-17)15-27(18(2)23(30)26-24(3,4)5)22(29)16-28(33(6,31)32)21-13-11-20(25)12-14-21/h7-14,18H,15-16H2,1-6H3,(H,26,30). The molecule has 2 aromatic carbocycles. The number of aryl methyl sites for hydroxylation is 1. The van der Waals surface area contributed by atoms with Crippen molar-refractivity contribution in [2.45, 2.75) is 52.7 Å². The largest absolute Gasteiger partial charge is 0.350 e. The van der Waals surface area contributed by atoms with Gasteiger partial charge in [0.05, 0.1) is 11.9 Å². The molecule has 1 unspecified atom stereocenters. The van der Waals surface area contributed by atoms with Crippen LogP contribution >= 0.6 is 15.9 Å². The molecule has 0 saturated carbocycles. The topological polar surface area (TPSA) is 86.8 Å². The van der Waals surface area contributed by atoms with Gasteiger partial charge in [0.25, 0.3) is 0 Å². The van der Waals surface area contributed by atoms with Crippen molar-refractivity contribution in [3.8, 4) is 0 Å². The predicted octanol–water partition coefficient (Wildman–Crippen LogP) is 3.86. The summed E-state index contributed by atoms with van der Waals surface area (Å²) in [6, 6.07) is 13.5. The number of sulfonamides is 1. The number of carbonyl (C=O) groups is 2. The Bertz CT molecular complexity index is 1080. The van der Waals surface area contributed by atoms with Gasteiger partial charge in [-0.3, -0.25) is 13.9 Å². The lowest BCUT2D eigenvalue weighted by Crippen LogP contribution is -2.54. The van der Waals surface area contributed by atoms with E-state index in [9.17, 15) is 18.0 Å². The third kappa shape index (κ3) is 8.16. The van der Waals surface area contributed by atoms with E-state index in [1.807, 2.05) is 52.0 Å². The van der Waals surface area contributed by atoms with Crippen LogP contribution in [0.3, 0.4) is 0 Å². The number of hydrogen-bond acceptors (Lipinski definition) is 4. The molecule has 0 aliphatic rings. The van der Waals surface area contributed by atoms with Crippen LogP contribution in [0, 0.1) is 6.92 Å². The normalized spacial score (nSPS) is 12.7. The minimum absolute atomic E-state index is 0.176. The molecule has 0 radical (unpaired) electrons. The molecular formula is C24H32BrN3O4S. The van der Waals surface area contributed by atoms with Gasteiger partial charge < -0.3 is 10.2 Å². The lowest BCUT2D eigenvalue weighted by atomic mass is 10.1. The number of carbonyl (C=O) groups excluding carboxylic acids is 2. The number of anilines is 1. The molecule has 33 heavy (non-hydrogen) atoms. The van der Waals surface area contributed by atoms with Gasteiger partial charge in [0, 0.05) is 16.6 Å². The maximum absolute atomic E-state index is 13.5. The minimum atomic E-state index is -3.74. The van der Waals surface area contributed by atoms with Gasteiger partial charge in [-0.2, -0.15) is 0 Å². The molecule has 2 rings (SSSR count). The van der Waals surface area contributed by atoms with Crippen LogP contribution in [-0.2, 0) is 26.2 Å². The van der Waals surface area contributed by atoms with Crippen LogP contribution < -0.4 is 9.62 Å². The van der Waals surface area contributed by atoms with E-state index in [1.165, 1.54) is 4.90 Å². The van der Waals surface area contributed by atoms with Crippen molar-refractivity contribution < 1.29 is 18.0 Å². The van der Waals surface area contributed by atoms with Crippen molar-refractivity contribution in [1.82, 2.24) is 10.2 Å². The van der Waals surface area contributed by atoms with Crippen molar-refractivity contribution in [3.05, 3.63) is 64.1 Å². The second kappa shape index (κ2) is 10.7. The monoisotopic (exact) mass is 537 g/mol. The summed E-state index contributed by atoms with van der Waals surface area (Å²) in [6.45, 7) is 8.97.